The number of aromatic nitrogens is 1. The van der Waals surface area contributed by atoms with Crippen molar-refractivity contribution in [1.82, 2.24) is 9.88 Å². The van der Waals surface area contributed by atoms with E-state index in [0.717, 1.165) is 6.54 Å². The Labute approximate surface area is 187 Å². The molecule has 7 rings (SSSR count). The van der Waals surface area contributed by atoms with Crippen LogP contribution in [-0.4, -0.2) is 11.1 Å². The van der Waals surface area contributed by atoms with E-state index in [1.165, 1.54) is 60.3 Å². The van der Waals surface area contributed by atoms with Crippen LogP contribution in [0.4, 0.5) is 0 Å². The summed E-state index contributed by atoms with van der Waals surface area (Å²) in [5.41, 5.74) is 6.73. The Balaban J connectivity index is 1.71. The molecule has 0 fully saturated rings. The largest absolute Gasteiger partial charge is 0.367 e. The molecule has 32 heavy (non-hydrogen) atoms. The number of fused-ring (bicyclic) bond motifs is 8. The Morgan fingerprint density at radius 2 is 1.50 bits per heavy atom. The van der Waals surface area contributed by atoms with Crippen molar-refractivity contribution in [3.8, 4) is 11.3 Å². The Morgan fingerprint density at radius 1 is 0.750 bits per heavy atom. The van der Waals surface area contributed by atoms with Gasteiger partial charge in [0.15, 0.2) is 0 Å². The zero-order valence-electron chi connectivity index (χ0n) is 18.3. The summed E-state index contributed by atoms with van der Waals surface area (Å²) < 4.78 is 2.48. The van der Waals surface area contributed by atoms with Gasteiger partial charge in [-0.1, -0.05) is 98.8 Å². The first kappa shape index (κ1) is 17.9. The van der Waals surface area contributed by atoms with Crippen molar-refractivity contribution >= 4 is 33.6 Å². The molecule has 2 heteroatoms. The Bertz CT molecular complexity index is 1700. The van der Waals surface area contributed by atoms with E-state index < -0.39 is 0 Å². The summed E-state index contributed by atoms with van der Waals surface area (Å²) >= 11 is 0. The van der Waals surface area contributed by atoms with Crippen LogP contribution in [0.5, 0.6) is 0 Å². The first-order chi connectivity index (χ1) is 15.7. The van der Waals surface area contributed by atoms with E-state index >= 15 is 0 Å². The van der Waals surface area contributed by atoms with Crippen molar-refractivity contribution in [2.45, 2.75) is 19.3 Å². The van der Waals surface area contributed by atoms with E-state index in [1.807, 2.05) is 0 Å². The van der Waals surface area contributed by atoms with Crippen molar-refractivity contribution in [2.24, 2.45) is 0 Å². The summed E-state index contributed by atoms with van der Waals surface area (Å²) in [6, 6.07) is 31.0. The zero-order valence-corrected chi connectivity index (χ0v) is 18.3. The third-order valence-electron chi connectivity index (χ3n) is 7.34. The maximum Gasteiger partial charge on any atom is 0.119 e. The average Bonchev–Trinajstić information content (AvgIpc) is 3.29. The monoisotopic (exact) mass is 412 g/mol. The molecule has 0 saturated heterocycles. The maximum atomic E-state index is 3.72. The van der Waals surface area contributed by atoms with Crippen molar-refractivity contribution in [2.75, 3.05) is 6.54 Å². The van der Waals surface area contributed by atoms with E-state index in [0.29, 0.717) is 0 Å². The number of rotatable bonds is 1. The lowest BCUT2D eigenvalue weighted by Crippen LogP contribution is -2.39. The van der Waals surface area contributed by atoms with E-state index in [9.17, 15) is 0 Å². The minimum Gasteiger partial charge on any atom is -0.367 e. The minimum atomic E-state index is -0.0861. The predicted octanol–water partition coefficient (Wildman–Crippen LogP) is 5.10. The van der Waals surface area contributed by atoms with Gasteiger partial charge in [0.25, 0.3) is 0 Å². The second kappa shape index (κ2) is 6.14. The molecule has 4 aromatic carbocycles. The Hall–Kier alpha value is -3.78. The Morgan fingerprint density at radius 3 is 2.41 bits per heavy atom. The highest BCUT2D eigenvalue weighted by molar-refractivity contribution is 6.05. The first-order valence-corrected chi connectivity index (χ1v) is 11.4. The highest BCUT2D eigenvalue weighted by Gasteiger charge is 2.42. The highest BCUT2D eigenvalue weighted by Crippen LogP contribution is 2.55. The molecule has 1 aromatic heterocycles. The molecule has 2 nitrogen and oxygen atoms in total. The summed E-state index contributed by atoms with van der Waals surface area (Å²) in [4.78, 5) is 0. The normalized spacial score (nSPS) is 15.8. The van der Waals surface area contributed by atoms with Gasteiger partial charge in [-0.3, -0.25) is 4.57 Å². The van der Waals surface area contributed by atoms with Crippen LogP contribution >= 0.6 is 0 Å². The molecule has 2 aliphatic rings. The quantitative estimate of drug-likeness (QED) is 0.405. The van der Waals surface area contributed by atoms with E-state index in [1.54, 1.807) is 0 Å². The van der Waals surface area contributed by atoms with Crippen molar-refractivity contribution < 1.29 is 0 Å². The van der Waals surface area contributed by atoms with Gasteiger partial charge in [-0.25, -0.2) is 0 Å². The third-order valence-corrected chi connectivity index (χ3v) is 7.34. The summed E-state index contributed by atoms with van der Waals surface area (Å²) in [5.74, 6) is 1.18. The molecule has 0 unspecified atom stereocenters. The van der Waals surface area contributed by atoms with Crippen molar-refractivity contribution in [3.05, 3.63) is 106 Å². The van der Waals surface area contributed by atoms with Crippen LogP contribution in [0.1, 0.15) is 25.0 Å². The number of hydrogen-bond donors (Lipinski definition) is 1. The predicted molar refractivity (Wildman–Crippen MR) is 134 cm³/mol. The van der Waals surface area contributed by atoms with Gasteiger partial charge in [0.2, 0.25) is 0 Å². The van der Waals surface area contributed by atoms with Crippen LogP contribution in [0.3, 0.4) is 0 Å². The van der Waals surface area contributed by atoms with Crippen molar-refractivity contribution in [1.29, 1.82) is 0 Å². The molecular formula is C30H24N2. The molecule has 1 aliphatic carbocycles. The second-order valence-electron chi connectivity index (χ2n) is 9.43. The number of nitrogens with one attached hydrogen (secondary N) is 1. The van der Waals surface area contributed by atoms with Gasteiger partial charge in [0.1, 0.15) is 5.82 Å². The van der Waals surface area contributed by atoms with Gasteiger partial charge in [-0.05, 0) is 33.2 Å². The maximum absolute atomic E-state index is 3.72. The van der Waals surface area contributed by atoms with Gasteiger partial charge in [-0.2, -0.15) is 0 Å². The van der Waals surface area contributed by atoms with Gasteiger partial charge in [0, 0.05) is 28.1 Å². The highest BCUT2D eigenvalue weighted by atomic mass is 15.2. The molecule has 1 aliphatic heterocycles. The van der Waals surface area contributed by atoms with Crippen LogP contribution in [-0.2, 0) is 5.41 Å². The molecule has 0 radical (unpaired) electrons. The number of benzene rings is 4. The standard InChI is InChI=1S/C30H24N2/c1-30(2)26-21-11-5-3-9-19(21)15-16-24(26)28-27(30)23-13-7-8-14-25(23)32(28)29-22-12-6-4-10-20(22)17-18-31-29/h3-17,31H,18H2,1-2H3. The lowest BCUT2D eigenvalue weighted by molar-refractivity contribution is 0.672. The molecule has 2 heterocycles. The van der Waals surface area contributed by atoms with Gasteiger partial charge >= 0.3 is 0 Å². The van der Waals surface area contributed by atoms with E-state index in [2.05, 4.69) is 115 Å². The minimum absolute atomic E-state index is 0.0861. The SMILES string of the molecule is CC1(C)c2c(ccc3ccccc23)-c2c1c1ccccc1n2C1=c2ccccc2=CCN1. The topological polar surface area (TPSA) is 17.0 Å². The van der Waals surface area contributed by atoms with Crippen LogP contribution in [0.15, 0.2) is 84.9 Å². The zero-order chi connectivity index (χ0) is 21.4. The van der Waals surface area contributed by atoms with Crippen molar-refractivity contribution in [3.63, 3.8) is 0 Å². The number of para-hydroxylation sites is 1. The molecule has 0 spiro atoms. The Kier molecular flexibility index (Phi) is 3.42. The summed E-state index contributed by atoms with van der Waals surface area (Å²) in [6.07, 6.45) is 2.27. The lowest BCUT2D eigenvalue weighted by atomic mass is 9.79. The fraction of sp³-hybridized carbons (Fsp3) is 0.133. The molecule has 1 N–H and O–H groups in total. The fourth-order valence-corrected chi connectivity index (χ4v) is 6.07. The molecule has 0 atom stereocenters. The number of nitrogens with zero attached hydrogens (tertiary/aromatic N) is 1. The molecule has 0 bridgehead atoms. The van der Waals surface area contributed by atoms with Gasteiger partial charge in [-0.15, -0.1) is 0 Å². The third kappa shape index (κ3) is 2.14. The summed E-state index contributed by atoms with van der Waals surface area (Å²) in [6.45, 7) is 5.62. The molecule has 5 aromatic rings. The van der Waals surface area contributed by atoms with Crippen LogP contribution < -0.4 is 15.8 Å². The van der Waals surface area contributed by atoms with E-state index in [4.69, 9.17) is 0 Å². The molecule has 154 valence electrons. The van der Waals surface area contributed by atoms with Crippen LogP contribution in [0.2, 0.25) is 0 Å². The molecular weight excluding hydrogens is 388 g/mol. The summed E-state index contributed by atoms with van der Waals surface area (Å²) in [7, 11) is 0. The average molecular weight is 413 g/mol. The van der Waals surface area contributed by atoms with Gasteiger partial charge < -0.3 is 5.32 Å². The molecule has 0 saturated carbocycles. The first-order valence-electron chi connectivity index (χ1n) is 11.4. The van der Waals surface area contributed by atoms with E-state index in [-0.39, 0.29) is 5.41 Å². The fourth-order valence-electron chi connectivity index (χ4n) is 6.07. The smallest absolute Gasteiger partial charge is 0.119 e. The summed E-state index contributed by atoms with van der Waals surface area (Å²) in [5, 5.41) is 10.3. The van der Waals surface area contributed by atoms with Crippen LogP contribution in [0, 0.1) is 0 Å². The second-order valence-corrected chi connectivity index (χ2v) is 9.43. The number of hydrogen-bond acceptors (Lipinski definition) is 1. The van der Waals surface area contributed by atoms with Gasteiger partial charge in [0.05, 0.1) is 11.2 Å². The molecule has 0 amide bonds. The van der Waals surface area contributed by atoms with Crippen LogP contribution in [0.25, 0.3) is 44.8 Å². The lowest BCUT2D eigenvalue weighted by Gasteiger charge is -2.23.